The van der Waals surface area contributed by atoms with Gasteiger partial charge in [-0.05, 0) is 57.4 Å². The van der Waals surface area contributed by atoms with Crippen molar-refractivity contribution in [2.75, 3.05) is 18.5 Å². The first-order valence-electron chi connectivity index (χ1n) is 8.65. The molecule has 1 aromatic carbocycles. The lowest BCUT2D eigenvalue weighted by atomic mass is 10.1. The molecule has 0 saturated heterocycles. The number of esters is 1. The smallest absolute Gasteiger partial charge is 0.350 e. The van der Waals surface area contributed by atoms with Crippen molar-refractivity contribution in [2.45, 2.75) is 40.5 Å². The molecule has 6 nitrogen and oxygen atoms in total. The fourth-order valence-electron chi connectivity index (χ4n) is 2.43. The van der Waals surface area contributed by atoms with E-state index >= 15 is 0 Å². The number of hydrogen-bond acceptors (Lipinski definition) is 6. The summed E-state index contributed by atoms with van der Waals surface area (Å²) in [6.45, 7) is 8.02. The molecular formula is C19H23ClN2O4S. The zero-order valence-corrected chi connectivity index (χ0v) is 17.4. The minimum absolute atomic E-state index is 0.175. The molecule has 0 spiro atoms. The van der Waals surface area contributed by atoms with Crippen molar-refractivity contribution in [3.8, 4) is 5.75 Å². The number of carbonyl (C=O) groups excluding carboxylic acids is 2. The maximum atomic E-state index is 12.1. The SMILES string of the molecule is CCOC(=O)c1sc(NC(=O)CCCOc2cc(C)c(Cl)c(C)c2)nc1C. The molecule has 0 bridgehead atoms. The Morgan fingerprint density at radius 1 is 1.22 bits per heavy atom. The predicted molar refractivity (Wildman–Crippen MR) is 107 cm³/mol. The summed E-state index contributed by atoms with van der Waals surface area (Å²) in [6.07, 6.45) is 0.848. The molecule has 2 rings (SSSR count). The molecule has 1 amide bonds. The molecule has 146 valence electrons. The minimum atomic E-state index is -0.421. The van der Waals surface area contributed by atoms with Crippen LogP contribution in [-0.2, 0) is 9.53 Å². The number of nitrogens with zero attached hydrogens (tertiary/aromatic N) is 1. The molecule has 27 heavy (non-hydrogen) atoms. The molecular weight excluding hydrogens is 388 g/mol. The van der Waals surface area contributed by atoms with Crippen LogP contribution in [0.25, 0.3) is 0 Å². The molecule has 1 aromatic heterocycles. The van der Waals surface area contributed by atoms with Gasteiger partial charge in [-0.25, -0.2) is 9.78 Å². The second-order valence-corrected chi connectivity index (χ2v) is 7.40. The van der Waals surface area contributed by atoms with Crippen LogP contribution >= 0.6 is 22.9 Å². The Kier molecular flexibility index (Phi) is 7.62. The number of aryl methyl sites for hydroxylation is 3. The van der Waals surface area contributed by atoms with Crippen LogP contribution in [0.15, 0.2) is 12.1 Å². The van der Waals surface area contributed by atoms with Gasteiger partial charge in [0.1, 0.15) is 10.6 Å². The fraction of sp³-hybridized carbons (Fsp3) is 0.421. The van der Waals surface area contributed by atoms with Crippen molar-refractivity contribution in [3.63, 3.8) is 0 Å². The third kappa shape index (κ3) is 5.94. The van der Waals surface area contributed by atoms with E-state index in [9.17, 15) is 9.59 Å². The summed E-state index contributed by atoms with van der Waals surface area (Å²) < 4.78 is 10.7. The summed E-state index contributed by atoms with van der Waals surface area (Å²) in [7, 11) is 0. The number of ether oxygens (including phenoxy) is 2. The maximum absolute atomic E-state index is 12.1. The van der Waals surface area contributed by atoms with E-state index in [1.165, 1.54) is 0 Å². The van der Waals surface area contributed by atoms with Gasteiger partial charge in [0.2, 0.25) is 5.91 Å². The van der Waals surface area contributed by atoms with Crippen LogP contribution in [-0.4, -0.2) is 30.1 Å². The number of hydrogen-bond donors (Lipinski definition) is 1. The molecule has 0 fully saturated rings. The molecule has 0 saturated carbocycles. The molecule has 1 N–H and O–H groups in total. The van der Waals surface area contributed by atoms with Gasteiger partial charge in [-0.1, -0.05) is 22.9 Å². The van der Waals surface area contributed by atoms with Crippen molar-refractivity contribution >= 4 is 39.9 Å². The first-order valence-corrected chi connectivity index (χ1v) is 9.85. The van der Waals surface area contributed by atoms with Crippen molar-refractivity contribution in [3.05, 3.63) is 38.9 Å². The predicted octanol–water partition coefficient (Wildman–Crippen LogP) is 4.70. The van der Waals surface area contributed by atoms with Crippen molar-refractivity contribution < 1.29 is 19.1 Å². The van der Waals surface area contributed by atoms with Crippen LogP contribution < -0.4 is 10.1 Å². The number of thiazole rings is 1. The summed E-state index contributed by atoms with van der Waals surface area (Å²) in [5.41, 5.74) is 2.47. The topological polar surface area (TPSA) is 77.5 Å². The highest BCUT2D eigenvalue weighted by molar-refractivity contribution is 7.17. The zero-order chi connectivity index (χ0) is 20.0. The minimum Gasteiger partial charge on any atom is -0.494 e. The van der Waals surface area contributed by atoms with Gasteiger partial charge in [-0.3, -0.25) is 4.79 Å². The van der Waals surface area contributed by atoms with Gasteiger partial charge in [0.25, 0.3) is 0 Å². The third-order valence-electron chi connectivity index (χ3n) is 3.73. The van der Waals surface area contributed by atoms with Gasteiger partial charge in [-0.15, -0.1) is 0 Å². The lowest BCUT2D eigenvalue weighted by molar-refractivity contribution is -0.116. The van der Waals surface area contributed by atoms with Crippen LogP contribution in [0.4, 0.5) is 5.13 Å². The first-order chi connectivity index (χ1) is 12.8. The number of nitrogens with one attached hydrogen (secondary N) is 1. The molecule has 0 atom stereocenters. The van der Waals surface area contributed by atoms with E-state index in [0.29, 0.717) is 41.8 Å². The lowest BCUT2D eigenvalue weighted by Crippen LogP contribution is -2.12. The fourth-order valence-corrected chi connectivity index (χ4v) is 3.42. The zero-order valence-electron chi connectivity index (χ0n) is 15.8. The number of aromatic nitrogens is 1. The molecule has 0 radical (unpaired) electrons. The standard InChI is InChI=1S/C19H23ClN2O4S/c1-5-25-18(24)17-13(4)21-19(27-17)22-15(23)7-6-8-26-14-9-11(2)16(20)12(3)10-14/h9-10H,5-8H2,1-4H3,(H,21,22,23). The second-order valence-electron chi connectivity index (χ2n) is 6.03. The highest BCUT2D eigenvalue weighted by atomic mass is 35.5. The van der Waals surface area contributed by atoms with Crippen molar-refractivity contribution in [2.24, 2.45) is 0 Å². The van der Waals surface area contributed by atoms with E-state index in [4.69, 9.17) is 21.1 Å². The van der Waals surface area contributed by atoms with Gasteiger partial charge in [-0.2, -0.15) is 0 Å². The quantitative estimate of drug-likeness (QED) is 0.504. The average molecular weight is 411 g/mol. The third-order valence-corrected chi connectivity index (χ3v) is 5.38. The molecule has 0 unspecified atom stereocenters. The Balaban J connectivity index is 1.80. The summed E-state index contributed by atoms with van der Waals surface area (Å²) in [5, 5.41) is 3.84. The summed E-state index contributed by atoms with van der Waals surface area (Å²) in [6, 6.07) is 3.76. The highest BCUT2D eigenvalue weighted by Gasteiger charge is 2.17. The molecule has 2 aromatic rings. The monoisotopic (exact) mass is 410 g/mol. The van der Waals surface area contributed by atoms with E-state index in [-0.39, 0.29) is 5.91 Å². The van der Waals surface area contributed by atoms with Gasteiger partial charge < -0.3 is 14.8 Å². The summed E-state index contributed by atoms with van der Waals surface area (Å²) in [4.78, 5) is 28.5. The largest absolute Gasteiger partial charge is 0.494 e. The van der Waals surface area contributed by atoms with E-state index in [1.807, 2.05) is 26.0 Å². The number of rotatable bonds is 8. The number of anilines is 1. The molecule has 0 aliphatic rings. The second kappa shape index (κ2) is 9.71. The van der Waals surface area contributed by atoms with Crippen LogP contribution in [0.1, 0.15) is 46.3 Å². The van der Waals surface area contributed by atoms with Crippen LogP contribution in [0.5, 0.6) is 5.75 Å². The van der Waals surface area contributed by atoms with Crippen LogP contribution in [0, 0.1) is 20.8 Å². The molecule has 1 heterocycles. The van der Waals surface area contributed by atoms with E-state index in [2.05, 4.69) is 10.3 Å². The Hall–Kier alpha value is -2.12. The molecule has 0 aliphatic heterocycles. The number of carbonyl (C=O) groups is 2. The first kappa shape index (κ1) is 21.2. The van der Waals surface area contributed by atoms with Crippen LogP contribution in [0.2, 0.25) is 5.02 Å². The van der Waals surface area contributed by atoms with Crippen molar-refractivity contribution in [1.29, 1.82) is 0 Å². The number of benzene rings is 1. The molecule has 0 aliphatic carbocycles. The van der Waals surface area contributed by atoms with Gasteiger partial charge in [0.05, 0.1) is 18.9 Å². The van der Waals surface area contributed by atoms with E-state index < -0.39 is 5.97 Å². The maximum Gasteiger partial charge on any atom is 0.350 e. The highest BCUT2D eigenvalue weighted by Crippen LogP contribution is 2.26. The van der Waals surface area contributed by atoms with E-state index in [1.54, 1.807) is 13.8 Å². The summed E-state index contributed by atoms with van der Waals surface area (Å²) >= 11 is 7.25. The lowest BCUT2D eigenvalue weighted by Gasteiger charge is -2.09. The Morgan fingerprint density at radius 3 is 2.52 bits per heavy atom. The Morgan fingerprint density at radius 2 is 1.89 bits per heavy atom. The Bertz CT molecular complexity index is 812. The van der Waals surface area contributed by atoms with Gasteiger partial charge >= 0.3 is 5.97 Å². The summed E-state index contributed by atoms with van der Waals surface area (Å²) in [5.74, 6) is 0.144. The number of halogens is 1. The van der Waals surface area contributed by atoms with Gasteiger partial charge in [0, 0.05) is 11.4 Å². The van der Waals surface area contributed by atoms with Crippen LogP contribution in [0.3, 0.4) is 0 Å². The molecule has 8 heteroatoms. The average Bonchev–Trinajstić information content (AvgIpc) is 2.97. The Labute approximate surface area is 167 Å². The normalized spacial score (nSPS) is 10.6. The van der Waals surface area contributed by atoms with Crippen molar-refractivity contribution in [1.82, 2.24) is 4.98 Å². The van der Waals surface area contributed by atoms with E-state index in [0.717, 1.165) is 33.2 Å². The van der Waals surface area contributed by atoms with Gasteiger partial charge in [0.15, 0.2) is 5.13 Å². The number of amides is 1.